The van der Waals surface area contributed by atoms with Crippen molar-refractivity contribution in [1.82, 2.24) is 5.43 Å². The van der Waals surface area contributed by atoms with E-state index in [2.05, 4.69) is 16.6 Å². The number of benzene rings is 4. The number of anilines is 1. The first-order valence-corrected chi connectivity index (χ1v) is 12.5. The molecule has 0 saturated carbocycles. The highest BCUT2D eigenvalue weighted by Gasteiger charge is 2.23. The first kappa shape index (κ1) is 23.0. The molecule has 0 fully saturated rings. The van der Waals surface area contributed by atoms with Crippen LogP contribution in [0.2, 0.25) is 10.0 Å². The van der Waals surface area contributed by atoms with Gasteiger partial charge in [-0.05, 0) is 45.8 Å². The normalized spacial score (nSPS) is 11.8. The number of nitrogens with one attached hydrogen (secondary N) is 1. The average molecular weight is 500 g/mol. The molecule has 0 bridgehead atoms. The molecule has 168 valence electrons. The highest BCUT2D eigenvalue weighted by Crippen LogP contribution is 2.30. The Morgan fingerprint density at radius 3 is 2.18 bits per heavy atom. The third kappa shape index (κ3) is 5.11. The molecule has 0 aromatic heterocycles. The molecule has 9 heteroatoms. The van der Waals surface area contributed by atoms with Gasteiger partial charge in [-0.1, -0.05) is 71.7 Å². The third-order valence-corrected chi connectivity index (χ3v) is 6.74. The first-order valence-electron chi connectivity index (χ1n) is 9.89. The molecule has 0 unspecified atom stereocenters. The number of amides is 1. The summed E-state index contributed by atoms with van der Waals surface area (Å²) in [6.07, 6.45) is 2.56. The lowest BCUT2D eigenvalue weighted by Gasteiger charge is -2.22. The van der Waals surface area contributed by atoms with Crippen LogP contribution in [0.5, 0.6) is 0 Å². The Hall–Kier alpha value is -3.13. The maximum absolute atomic E-state index is 12.6. The predicted octanol–water partition coefficient (Wildman–Crippen LogP) is 5.22. The average Bonchev–Trinajstić information content (AvgIpc) is 2.78. The summed E-state index contributed by atoms with van der Waals surface area (Å²) in [5.74, 6) is -0.628. The van der Waals surface area contributed by atoms with E-state index in [1.54, 1.807) is 6.21 Å². The van der Waals surface area contributed by atoms with Gasteiger partial charge >= 0.3 is 0 Å². The molecule has 0 aliphatic carbocycles. The van der Waals surface area contributed by atoms with Crippen molar-refractivity contribution in [2.45, 2.75) is 0 Å². The van der Waals surface area contributed by atoms with Crippen molar-refractivity contribution in [2.75, 3.05) is 17.1 Å². The smallest absolute Gasteiger partial charge is 0.260 e. The zero-order chi connectivity index (χ0) is 23.6. The van der Waals surface area contributed by atoms with E-state index in [4.69, 9.17) is 23.2 Å². The van der Waals surface area contributed by atoms with Crippen molar-refractivity contribution in [3.8, 4) is 0 Å². The Labute approximate surface area is 201 Å². The summed E-state index contributed by atoms with van der Waals surface area (Å²) in [7, 11) is -3.81. The molecule has 0 aliphatic rings. The largest absolute Gasteiger partial charge is 0.271 e. The minimum absolute atomic E-state index is 0.117. The maximum atomic E-state index is 12.6. The fraction of sp³-hybridized carbons (Fsp3) is 0.0833. The van der Waals surface area contributed by atoms with Gasteiger partial charge in [0.1, 0.15) is 6.54 Å². The topological polar surface area (TPSA) is 78.8 Å². The number of halogens is 2. The number of fused-ring (bicyclic) bond motifs is 2. The number of carbonyl (C=O) groups is 1. The molecule has 1 N–H and O–H groups in total. The Bertz CT molecular complexity index is 1450. The molecule has 0 heterocycles. The van der Waals surface area contributed by atoms with E-state index in [0.29, 0.717) is 5.02 Å². The molecular formula is C24H19Cl2N3O3S. The van der Waals surface area contributed by atoms with E-state index < -0.39 is 22.5 Å². The molecule has 4 aromatic carbocycles. The van der Waals surface area contributed by atoms with Crippen molar-refractivity contribution >= 4 is 72.6 Å². The van der Waals surface area contributed by atoms with Crippen LogP contribution in [0.15, 0.2) is 77.9 Å². The van der Waals surface area contributed by atoms with Gasteiger partial charge in [0.05, 0.1) is 23.2 Å². The van der Waals surface area contributed by atoms with Crippen molar-refractivity contribution in [3.63, 3.8) is 0 Å². The number of sulfonamides is 1. The van der Waals surface area contributed by atoms with Gasteiger partial charge in [0.25, 0.3) is 5.91 Å². The molecule has 4 rings (SSSR count). The Morgan fingerprint density at radius 1 is 0.970 bits per heavy atom. The molecule has 33 heavy (non-hydrogen) atoms. The van der Waals surface area contributed by atoms with Gasteiger partial charge in [-0.25, -0.2) is 13.8 Å². The van der Waals surface area contributed by atoms with Gasteiger partial charge in [-0.15, -0.1) is 0 Å². The van der Waals surface area contributed by atoms with Crippen LogP contribution >= 0.6 is 23.2 Å². The second-order valence-electron chi connectivity index (χ2n) is 7.39. The van der Waals surface area contributed by atoms with Crippen LogP contribution in [-0.4, -0.2) is 33.3 Å². The summed E-state index contributed by atoms with van der Waals surface area (Å²) in [6, 6.07) is 22.3. The Morgan fingerprint density at radius 2 is 1.58 bits per heavy atom. The minimum atomic E-state index is -3.81. The standard InChI is InChI=1S/C24H19Cl2N3O3S/c1-33(31,32)29(23-13-18(25)10-11-22(23)26)15-24(30)28-27-14-21-19-8-4-2-6-16(19)12-17-7-3-5-9-20(17)21/h2-14H,15H2,1H3,(H,28,30)/b27-14-. The lowest BCUT2D eigenvalue weighted by atomic mass is 9.97. The summed E-state index contributed by atoms with van der Waals surface area (Å²) >= 11 is 12.1. The van der Waals surface area contributed by atoms with E-state index in [1.807, 2.05) is 48.5 Å². The number of nitrogens with zero attached hydrogens (tertiary/aromatic N) is 2. The lowest BCUT2D eigenvalue weighted by molar-refractivity contribution is -0.119. The van der Waals surface area contributed by atoms with Crippen LogP contribution in [0, 0.1) is 0 Å². The van der Waals surface area contributed by atoms with Crippen LogP contribution in [0.25, 0.3) is 21.5 Å². The molecule has 0 spiro atoms. The van der Waals surface area contributed by atoms with Crippen molar-refractivity contribution in [2.24, 2.45) is 5.10 Å². The van der Waals surface area contributed by atoms with Crippen molar-refractivity contribution in [1.29, 1.82) is 0 Å². The maximum Gasteiger partial charge on any atom is 0.260 e. The molecule has 0 aliphatic heterocycles. The quantitative estimate of drug-likeness (QED) is 0.224. The van der Waals surface area contributed by atoms with E-state index in [0.717, 1.165) is 37.7 Å². The summed E-state index contributed by atoms with van der Waals surface area (Å²) in [5.41, 5.74) is 3.38. The van der Waals surface area contributed by atoms with Gasteiger partial charge in [-0.3, -0.25) is 9.10 Å². The Balaban J connectivity index is 1.61. The number of carbonyl (C=O) groups excluding carboxylic acids is 1. The lowest BCUT2D eigenvalue weighted by Crippen LogP contribution is -2.39. The van der Waals surface area contributed by atoms with Crippen LogP contribution in [0.3, 0.4) is 0 Å². The van der Waals surface area contributed by atoms with Gasteiger partial charge < -0.3 is 0 Å². The highest BCUT2D eigenvalue weighted by atomic mass is 35.5. The summed E-state index contributed by atoms with van der Waals surface area (Å²) < 4.78 is 25.5. The summed E-state index contributed by atoms with van der Waals surface area (Å²) in [5, 5.41) is 8.61. The molecule has 0 saturated heterocycles. The highest BCUT2D eigenvalue weighted by molar-refractivity contribution is 7.92. The zero-order valence-corrected chi connectivity index (χ0v) is 19.8. The molecule has 1 amide bonds. The second-order valence-corrected chi connectivity index (χ2v) is 10.1. The third-order valence-electron chi connectivity index (χ3n) is 5.06. The van der Waals surface area contributed by atoms with Crippen LogP contribution < -0.4 is 9.73 Å². The van der Waals surface area contributed by atoms with E-state index in [9.17, 15) is 13.2 Å². The first-order chi connectivity index (χ1) is 15.7. The van der Waals surface area contributed by atoms with Crippen LogP contribution in [0.1, 0.15) is 5.56 Å². The molecule has 0 atom stereocenters. The van der Waals surface area contributed by atoms with Crippen LogP contribution in [0.4, 0.5) is 5.69 Å². The van der Waals surface area contributed by atoms with Gasteiger partial charge in [0.2, 0.25) is 10.0 Å². The van der Waals surface area contributed by atoms with Gasteiger partial charge in [0, 0.05) is 10.6 Å². The number of rotatable bonds is 6. The van der Waals surface area contributed by atoms with E-state index in [-0.39, 0.29) is 10.7 Å². The van der Waals surface area contributed by atoms with Crippen molar-refractivity contribution < 1.29 is 13.2 Å². The molecular weight excluding hydrogens is 481 g/mol. The van der Waals surface area contributed by atoms with Gasteiger partial charge in [0.15, 0.2) is 0 Å². The minimum Gasteiger partial charge on any atom is -0.271 e. The SMILES string of the molecule is CS(=O)(=O)N(CC(=O)N/N=C\c1c2ccccc2cc2ccccc12)c1cc(Cl)ccc1Cl. The zero-order valence-electron chi connectivity index (χ0n) is 17.5. The second kappa shape index (κ2) is 9.39. The molecule has 6 nitrogen and oxygen atoms in total. The fourth-order valence-electron chi connectivity index (χ4n) is 3.58. The summed E-state index contributed by atoms with van der Waals surface area (Å²) in [4.78, 5) is 12.6. The fourth-order valence-corrected chi connectivity index (χ4v) is 4.88. The molecule has 4 aromatic rings. The van der Waals surface area contributed by atoms with E-state index >= 15 is 0 Å². The molecule has 0 radical (unpaired) electrons. The van der Waals surface area contributed by atoms with E-state index in [1.165, 1.54) is 18.2 Å². The monoisotopic (exact) mass is 499 g/mol. The summed E-state index contributed by atoms with van der Waals surface area (Å²) in [6.45, 7) is -0.507. The number of hydrogen-bond donors (Lipinski definition) is 1. The predicted molar refractivity (Wildman–Crippen MR) is 136 cm³/mol. The number of hydrogen-bond acceptors (Lipinski definition) is 4. The van der Waals surface area contributed by atoms with Crippen molar-refractivity contribution in [3.05, 3.63) is 88.4 Å². The van der Waals surface area contributed by atoms with Gasteiger partial charge in [-0.2, -0.15) is 5.10 Å². The van der Waals surface area contributed by atoms with Crippen LogP contribution in [-0.2, 0) is 14.8 Å². The number of hydrazone groups is 1. The Kier molecular flexibility index (Phi) is 6.56.